The van der Waals surface area contributed by atoms with E-state index in [0.29, 0.717) is 18.2 Å². The topological polar surface area (TPSA) is 61.5 Å². The summed E-state index contributed by atoms with van der Waals surface area (Å²) in [6.07, 6.45) is -7.41. The van der Waals surface area contributed by atoms with Crippen molar-refractivity contribution in [3.05, 3.63) is 29.6 Å². The molecule has 0 aliphatic heterocycles. The Morgan fingerprint density at radius 1 is 1.36 bits per heavy atom. The highest BCUT2D eigenvalue weighted by atomic mass is 35.5. The average molecular weight is 350 g/mol. The van der Waals surface area contributed by atoms with Gasteiger partial charge in [0.2, 0.25) is 6.17 Å². The van der Waals surface area contributed by atoms with Crippen LogP contribution >= 0.6 is 12.4 Å². The molecule has 0 fully saturated rings. The van der Waals surface area contributed by atoms with E-state index in [4.69, 9.17) is 5.73 Å². The van der Waals surface area contributed by atoms with Gasteiger partial charge in [-0.1, -0.05) is 0 Å². The molecule has 22 heavy (non-hydrogen) atoms. The summed E-state index contributed by atoms with van der Waals surface area (Å²) in [6, 6.07) is 0.102. The quantitative estimate of drug-likeness (QED) is 0.655. The lowest BCUT2D eigenvalue weighted by molar-refractivity contribution is -0.274. The minimum atomic E-state index is -4.99. The number of esters is 1. The Balaban J connectivity index is 0.00000441. The van der Waals surface area contributed by atoms with Gasteiger partial charge in [-0.3, -0.25) is 0 Å². The van der Waals surface area contributed by atoms with E-state index in [9.17, 15) is 26.7 Å². The number of carbonyl (C=O) groups is 1. The summed E-state index contributed by atoms with van der Waals surface area (Å²) >= 11 is 0. The second-order valence-electron chi connectivity index (χ2n) is 3.91. The molecule has 1 aromatic rings. The zero-order chi connectivity index (χ0) is 16.2. The van der Waals surface area contributed by atoms with Gasteiger partial charge in [0.15, 0.2) is 0 Å². The van der Waals surface area contributed by atoms with Crippen LogP contribution < -0.4 is 10.5 Å². The molecule has 0 amide bonds. The number of hydrogen-bond donors (Lipinski definition) is 1. The van der Waals surface area contributed by atoms with E-state index in [1.165, 1.54) is 6.92 Å². The van der Waals surface area contributed by atoms with Crippen LogP contribution in [-0.4, -0.2) is 25.1 Å². The summed E-state index contributed by atoms with van der Waals surface area (Å²) in [5.74, 6) is -3.17. The molecule has 0 spiro atoms. The highest BCUT2D eigenvalue weighted by molar-refractivity contribution is 5.85. The van der Waals surface area contributed by atoms with Gasteiger partial charge >= 0.3 is 12.3 Å². The summed E-state index contributed by atoms with van der Waals surface area (Å²) in [5.41, 5.74) is 4.72. The second kappa shape index (κ2) is 8.14. The standard InChI is InChI=1S/C12H12F5NO3.ClH/c1-2-20-11(19)9(14)10(18)7-5-6(3-4-8(7)13)21-12(15,16)17;/h3-5,9-10H,2,18H2,1H3;1H/t9?,10-;/m1./s1. The molecule has 2 atom stereocenters. The molecule has 0 bridgehead atoms. The van der Waals surface area contributed by atoms with Crippen LogP contribution in [0.15, 0.2) is 18.2 Å². The molecule has 1 unspecified atom stereocenters. The molecule has 0 radical (unpaired) electrons. The minimum absolute atomic E-state index is 0. The molecule has 0 aliphatic carbocycles. The Morgan fingerprint density at radius 3 is 2.45 bits per heavy atom. The smallest absolute Gasteiger partial charge is 0.464 e. The Kier molecular flexibility index (Phi) is 7.54. The number of nitrogens with two attached hydrogens (primary N) is 1. The first-order chi connectivity index (χ1) is 9.65. The third kappa shape index (κ3) is 5.64. The third-order valence-electron chi connectivity index (χ3n) is 2.39. The normalized spacial score (nSPS) is 13.8. The van der Waals surface area contributed by atoms with Gasteiger partial charge in [-0.15, -0.1) is 25.6 Å². The van der Waals surface area contributed by atoms with Crippen molar-refractivity contribution in [2.75, 3.05) is 6.61 Å². The highest BCUT2D eigenvalue weighted by Gasteiger charge is 2.33. The molecule has 4 nitrogen and oxygen atoms in total. The fraction of sp³-hybridized carbons (Fsp3) is 0.417. The van der Waals surface area contributed by atoms with Gasteiger partial charge in [0.1, 0.15) is 11.6 Å². The molecule has 0 saturated heterocycles. The Labute approximate surface area is 128 Å². The van der Waals surface area contributed by atoms with Crippen LogP contribution in [-0.2, 0) is 9.53 Å². The van der Waals surface area contributed by atoms with Gasteiger partial charge < -0.3 is 15.2 Å². The largest absolute Gasteiger partial charge is 0.573 e. The molecule has 2 N–H and O–H groups in total. The van der Waals surface area contributed by atoms with E-state index in [0.717, 1.165) is 0 Å². The zero-order valence-electron chi connectivity index (χ0n) is 11.2. The van der Waals surface area contributed by atoms with Crippen LogP contribution in [0.1, 0.15) is 18.5 Å². The first-order valence-electron chi connectivity index (χ1n) is 5.77. The van der Waals surface area contributed by atoms with E-state index in [1.807, 2.05) is 0 Å². The lowest BCUT2D eigenvalue weighted by atomic mass is 10.0. The first kappa shape index (κ1) is 20.4. The van der Waals surface area contributed by atoms with Crippen molar-refractivity contribution in [1.29, 1.82) is 0 Å². The van der Waals surface area contributed by atoms with E-state index in [1.54, 1.807) is 0 Å². The van der Waals surface area contributed by atoms with Gasteiger partial charge in [0, 0.05) is 5.56 Å². The van der Waals surface area contributed by atoms with Gasteiger partial charge in [-0.05, 0) is 25.1 Å². The molecule has 1 rings (SSSR count). The monoisotopic (exact) mass is 349 g/mol. The fourth-order valence-corrected chi connectivity index (χ4v) is 1.50. The van der Waals surface area contributed by atoms with Crippen molar-refractivity contribution < 1.29 is 36.2 Å². The Hall–Kier alpha value is -1.61. The average Bonchev–Trinajstić information content (AvgIpc) is 2.38. The van der Waals surface area contributed by atoms with Gasteiger partial charge in [0.25, 0.3) is 0 Å². The molecule has 0 aromatic heterocycles. The Bertz CT molecular complexity index is 512. The maximum Gasteiger partial charge on any atom is 0.573 e. The molecule has 126 valence electrons. The van der Waals surface area contributed by atoms with Crippen LogP contribution in [0.5, 0.6) is 5.75 Å². The summed E-state index contributed by atoms with van der Waals surface area (Å²) in [4.78, 5) is 11.2. The van der Waals surface area contributed by atoms with Crippen molar-refractivity contribution in [3.8, 4) is 5.75 Å². The van der Waals surface area contributed by atoms with Gasteiger partial charge in [0.05, 0.1) is 12.6 Å². The van der Waals surface area contributed by atoms with Gasteiger partial charge in [-0.2, -0.15) is 0 Å². The summed E-state index contributed by atoms with van der Waals surface area (Å²) < 4.78 is 71.4. The SMILES string of the molecule is CCOC(=O)C(F)[C@H](N)c1cc(OC(F)(F)F)ccc1F.Cl. The highest BCUT2D eigenvalue weighted by Crippen LogP contribution is 2.28. The third-order valence-corrected chi connectivity index (χ3v) is 2.39. The van der Waals surface area contributed by atoms with Crippen molar-refractivity contribution in [2.45, 2.75) is 25.5 Å². The van der Waals surface area contributed by atoms with Crippen LogP contribution in [0.4, 0.5) is 22.0 Å². The molecule has 1 aromatic carbocycles. The van der Waals surface area contributed by atoms with Crippen molar-refractivity contribution in [3.63, 3.8) is 0 Å². The van der Waals surface area contributed by atoms with Crippen LogP contribution in [0, 0.1) is 5.82 Å². The van der Waals surface area contributed by atoms with E-state index in [-0.39, 0.29) is 19.0 Å². The van der Waals surface area contributed by atoms with Crippen molar-refractivity contribution in [2.24, 2.45) is 5.73 Å². The molecular formula is C12H13ClF5NO3. The number of carbonyl (C=O) groups excluding carboxylic acids is 1. The van der Waals surface area contributed by atoms with Gasteiger partial charge in [-0.25, -0.2) is 13.6 Å². The van der Waals surface area contributed by atoms with Crippen LogP contribution in [0.25, 0.3) is 0 Å². The number of hydrogen-bond acceptors (Lipinski definition) is 4. The van der Waals surface area contributed by atoms with E-state index < -0.39 is 41.7 Å². The number of benzene rings is 1. The lowest BCUT2D eigenvalue weighted by Gasteiger charge is -2.18. The summed E-state index contributed by atoms with van der Waals surface area (Å²) in [5, 5.41) is 0. The summed E-state index contributed by atoms with van der Waals surface area (Å²) in [6.45, 7) is 1.31. The zero-order valence-corrected chi connectivity index (χ0v) is 12.0. The molecule has 0 aliphatic rings. The fourth-order valence-electron chi connectivity index (χ4n) is 1.50. The molecule has 0 heterocycles. The minimum Gasteiger partial charge on any atom is -0.464 e. The van der Waals surface area contributed by atoms with Crippen molar-refractivity contribution in [1.82, 2.24) is 0 Å². The molecular weight excluding hydrogens is 337 g/mol. The van der Waals surface area contributed by atoms with E-state index >= 15 is 0 Å². The number of rotatable bonds is 5. The summed E-state index contributed by atoms with van der Waals surface area (Å²) in [7, 11) is 0. The first-order valence-corrected chi connectivity index (χ1v) is 5.77. The molecule has 0 saturated carbocycles. The Morgan fingerprint density at radius 2 is 1.95 bits per heavy atom. The number of halogens is 6. The maximum absolute atomic E-state index is 13.7. The maximum atomic E-state index is 13.7. The van der Waals surface area contributed by atoms with Crippen LogP contribution in [0.2, 0.25) is 0 Å². The molecule has 10 heteroatoms. The van der Waals surface area contributed by atoms with Crippen LogP contribution in [0.3, 0.4) is 0 Å². The number of ether oxygens (including phenoxy) is 2. The van der Waals surface area contributed by atoms with E-state index in [2.05, 4.69) is 9.47 Å². The predicted octanol–water partition coefficient (Wildman–Crippen LogP) is 3.05. The predicted molar refractivity (Wildman–Crippen MR) is 68.8 cm³/mol. The second-order valence-corrected chi connectivity index (χ2v) is 3.91. The number of alkyl halides is 4. The lowest BCUT2D eigenvalue weighted by Crippen LogP contribution is -2.32. The van der Waals surface area contributed by atoms with Crippen molar-refractivity contribution >= 4 is 18.4 Å².